The molecule has 4 nitrogen and oxygen atoms in total. The van der Waals surface area contributed by atoms with Crippen molar-refractivity contribution in [3.8, 4) is 11.3 Å². The molecule has 1 amide bonds. The van der Waals surface area contributed by atoms with Crippen LogP contribution in [0.25, 0.3) is 11.3 Å². The maximum Gasteiger partial charge on any atom is 0.416 e. The molecule has 0 aliphatic heterocycles. The molecule has 0 fully saturated rings. The lowest BCUT2D eigenvalue weighted by Gasteiger charge is -2.13. The summed E-state index contributed by atoms with van der Waals surface area (Å²) in [6.07, 6.45) is -4.56. The van der Waals surface area contributed by atoms with Crippen molar-refractivity contribution in [2.45, 2.75) is 6.18 Å². The van der Waals surface area contributed by atoms with Gasteiger partial charge in [-0.25, -0.2) is 4.98 Å². The minimum atomic E-state index is -4.56. The van der Waals surface area contributed by atoms with E-state index in [-0.39, 0.29) is 17.1 Å². The van der Waals surface area contributed by atoms with E-state index in [2.05, 4.69) is 15.8 Å². The predicted octanol–water partition coefficient (Wildman–Crippen LogP) is 5.18. The first-order valence-electron chi connectivity index (χ1n) is 7.79. The van der Waals surface area contributed by atoms with Gasteiger partial charge >= 0.3 is 6.18 Å². The molecule has 27 heavy (non-hydrogen) atoms. The molecule has 2 N–H and O–H groups in total. The van der Waals surface area contributed by atoms with E-state index in [1.165, 1.54) is 12.1 Å². The molecule has 0 saturated carbocycles. The molecule has 0 unspecified atom stereocenters. The van der Waals surface area contributed by atoms with E-state index in [4.69, 9.17) is 11.6 Å². The van der Waals surface area contributed by atoms with Crippen LogP contribution in [-0.4, -0.2) is 10.9 Å². The van der Waals surface area contributed by atoms with Gasteiger partial charge in [0, 0.05) is 16.1 Å². The number of hydrogen-bond donors (Lipinski definition) is 2. The number of carbonyl (C=O) groups excluding carboxylic acids is 1. The Morgan fingerprint density at radius 3 is 2.37 bits per heavy atom. The highest BCUT2D eigenvalue weighted by Crippen LogP contribution is 2.33. The second-order valence-corrected chi connectivity index (χ2v) is 6.02. The van der Waals surface area contributed by atoms with E-state index < -0.39 is 17.6 Å². The van der Waals surface area contributed by atoms with Gasteiger partial charge in [0.2, 0.25) is 0 Å². The molecule has 0 spiro atoms. The number of alkyl halides is 3. The zero-order valence-corrected chi connectivity index (χ0v) is 14.5. The van der Waals surface area contributed by atoms with Gasteiger partial charge in [0.25, 0.3) is 5.91 Å². The van der Waals surface area contributed by atoms with Crippen molar-refractivity contribution in [1.29, 1.82) is 0 Å². The number of pyridine rings is 1. The zero-order valence-electron chi connectivity index (χ0n) is 13.7. The van der Waals surface area contributed by atoms with E-state index in [0.717, 1.165) is 12.1 Å². The fourth-order valence-corrected chi connectivity index (χ4v) is 2.53. The summed E-state index contributed by atoms with van der Waals surface area (Å²) in [4.78, 5) is 16.3. The first kappa shape index (κ1) is 18.7. The quantitative estimate of drug-likeness (QED) is 0.603. The highest BCUT2D eigenvalue weighted by atomic mass is 35.5. The minimum Gasteiger partial charge on any atom is -0.282 e. The second-order valence-electron chi connectivity index (χ2n) is 5.58. The third-order valence-electron chi connectivity index (χ3n) is 3.61. The van der Waals surface area contributed by atoms with Gasteiger partial charge in [-0.15, -0.1) is 0 Å². The zero-order chi connectivity index (χ0) is 19.4. The smallest absolute Gasteiger partial charge is 0.282 e. The molecule has 0 atom stereocenters. The van der Waals surface area contributed by atoms with Crippen LogP contribution in [0.15, 0.2) is 66.7 Å². The second kappa shape index (κ2) is 7.67. The summed E-state index contributed by atoms with van der Waals surface area (Å²) < 4.78 is 39.6. The molecule has 3 aromatic rings. The number of nitrogens with zero attached hydrogens (tertiary/aromatic N) is 1. The van der Waals surface area contributed by atoms with E-state index in [1.807, 2.05) is 0 Å². The number of halogens is 4. The third kappa shape index (κ3) is 4.77. The summed E-state index contributed by atoms with van der Waals surface area (Å²) in [5.74, 6) is -0.697. The van der Waals surface area contributed by atoms with Gasteiger partial charge in [-0.2, -0.15) is 13.2 Å². The summed E-state index contributed by atoms with van der Waals surface area (Å²) in [6, 6.07) is 16.4. The molecule has 0 saturated heterocycles. The summed E-state index contributed by atoms with van der Waals surface area (Å²) >= 11 is 5.83. The van der Waals surface area contributed by atoms with E-state index in [1.54, 1.807) is 42.5 Å². The predicted molar refractivity (Wildman–Crippen MR) is 97.2 cm³/mol. The molecular formula is C19H13ClF3N3O. The van der Waals surface area contributed by atoms with Crippen LogP contribution < -0.4 is 10.9 Å². The lowest BCUT2D eigenvalue weighted by atomic mass is 10.1. The van der Waals surface area contributed by atoms with E-state index in [0.29, 0.717) is 10.6 Å². The Morgan fingerprint density at radius 1 is 0.963 bits per heavy atom. The van der Waals surface area contributed by atoms with Crippen LogP contribution >= 0.6 is 11.6 Å². The first-order valence-corrected chi connectivity index (χ1v) is 8.17. The maximum absolute atomic E-state index is 13.2. The van der Waals surface area contributed by atoms with Crippen LogP contribution in [0.4, 0.5) is 19.0 Å². The number of rotatable bonds is 4. The molecule has 2 aromatic carbocycles. The van der Waals surface area contributed by atoms with Gasteiger partial charge < -0.3 is 0 Å². The molecule has 3 rings (SSSR count). The number of amides is 1. The number of anilines is 1. The van der Waals surface area contributed by atoms with Crippen molar-refractivity contribution in [3.05, 3.63) is 82.9 Å². The molecule has 138 valence electrons. The third-order valence-corrected chi connectivity index (χ3v) is 3.85. The van der Waals surface area contributed by atoms with Crippen molar-refractivity contribution in [2.24, 2.45) is 0 Å². The molecule has 1 heterocycles. The van der Waals surface area contributed by atoms with Crippen molar-refractivity contribution in [1.82, 2.24) is 10.4 Å². The molecule has 0 bridgehead atoms. The monoisotopic (exact) mass is 391 g/mol. The SMILES string of the molecule is O=C(NNc1cc(C(F)(F)F)cc(-c2ccccc2)n1)c1cccc(Cl)c1. The van der Waals surface area contributed by atoms with E-state index in [9.17, 15) is 18.0 Å². The van der Waals surface area contributed by atoms with Crippen molar-refractivity contribution in [3.63, 3.8) is 0 Å². The number of carbonyl (C=O) groups is 1. The Balaban J connectivity index is 1.87. The van der Waals surface area contributed by atoms with Crippen LogP contribution in [0.5, 0.6) is 0 Å². The summed E-state index contributed by atoms with van der Waals surface area (Å²) in [5.41, 5.74) is 4.78. The Bertz CT molecular complexity index is 962. The van der Waals surface area contributed by atoms with Gasteiger partial charge in [-0.3, -0.25) is 15.6 Å². The standard InChI is InChI=1S/C19H13ClF3N3O/c20-15-8-4-7-13(9-15)18(27)26-25-17-11-14(19(21,22)23)10-16(24-17)12-5-2-1-3-6-12/h1-11H,(H,24,25)(H,26,27). The van der Waals surface area contributed by atoms with Crippen LogP contribution in [-0.2, 0) is 6.18 Å². The van der Waals surface area contributed by atoms with E-state index >= 15 is 0 Å². The summed E-state index contributed by atoms with van der Waals surface area (Å²) in [6.45, 7) is 0. The molecule has 8 heteroatoms. The topological polar surface area (TPSA) is 54.0 Å². The Kier molecular flexibility index (Phi) is 5.32. The average Bonchev–Trinajstić information content (AvgIpc) is 2.66. The number of hydrogen-bond acceptors (Lipinski definition) is 3. The van der Waals surface area contributed by atoms with Crippen LogP contribution in [0, 0.1) is 0 Å². The van der Waals surface area contributed by atoms with Crippen LogP contribution in [0.2, 0.25) is 5.02 Å². The van der Waals surface area contributed by atoms with Crippen molar-refractivity contribution < 1.29 is 18.0 Å². The Morgan fingerprint density at radius 2 is 1.70 bits per heavy atom. The summed E-state index contributed by atoms with van der Waals surface area (Å²) in [7, 11) is 0. The van der Waals surface area contributed by atoms with Gasteiger partial charge in [0.1, 0.15) is 5.82 Å². The molecule has 0 aliphatic carbocycles. The Labute approximate surface area is 158 Å². The number of benzene rings is 2. The number of nitrogens with one attached hydrogen (secondary N) is 2. The average molecular weight is 392 g/mol. The van der Waals surface area contributed by atoms with Crippen molar-refractivity contribution in [2.75, 3.05) is 5.43 Å². The Hall–Kier alpha value is -3.06. The molecular weight excluding hydrogens is 379 g/mol. The maximum atomic E-state index is 13.2. The molecule has 0 aliphatic rings. The minimum absolute atomic E-state index is 0.130. The fraction of sp³-hybridized carbons (Fsp3) is 0.0526. The van der Waals surface area contributed by atoms with Gasteiger partial charge in [0.05, 0.1) is 11.3 Å². The number of aromatic nitrogens is 1. The van der Waals surface area contributed by atoms with Crippen LogP contribution in [0.3, 0.4) is 0 Å². The van der Waals surface area contributed by atoms with Crippen molar-refractivity contribution >= 4 is 23.3 Å². The van der Waals surface area contributed by atoms with Gasteiger partial charge in [-0.1, -0.05) is 48.0 Å². The first-order chi connectivity index (χ1) is 12.8. The molecule has 0 radical (unpaired) electrons. The lowest BCUT2D eigenvalue weighted by Crippen LogP contribution is -2.30. The largest absolute Gasteiger partial charge is 0.416 e. The normalized spacial score (nSPS) is 11.1. The highest BCUT2D eigenvalue weighted by molar-refractivity contribution is 6.30. The van der Waals surface area contributed by atoms with Gasteiger partial charge in [0.15, 0.2) is 0 Å². The number of hydrazine groups is 1. The lowest BCUT2D eigenvalue weighted by molar-refractivity contribution is -0.137. The van der Waals surface area contributed by atoms with Crippen LogP contribution in [0.1, 0.15) is 15.9 Å². The van der Waals surface area contributed by atoms with Gasteiger partial charge in [-0.05, 0) is 30.3 Å². The highest BCUT2D eigenvalue weighted by Gasteiger charge is 2.31. The summed E-state index contributed by atoms with van der Waals surface area (Å²) in [5, 5.41) is 0.367. The molecule has 1 aromatic heterocycles. The fourth-order valence-electron chi connectivity index (χ4n) is 2.34.